The van der Waals surface area contributed by atoms with E-state index in [-0.39, 0.29) is 36.7 Å². The fraction of sp³-hybridized carbons (Fsp3) is 0.326. The standard InChI is InChI=1S/C43H43F2N3O7S/c1-28(55-42(50)43(32-9-5-4-6-10-32)22-24-47(25-23-43)56(51,52)35-20-21-37(44)38(45)27-35)41(49)48-40(30-14-18-34(54-3)19-15-30)36-11-7-8-31(39(36)46-48)26-29-12-16-33(53-2)17-13-29/h4-6,9-10,12-21,26-28,36,40H,7-8,11,22-25H2,1-3H3/b31-26-. The molecule has 3 atom stereocenters. The van der Waals surface area contributed by atoms with Crippen molar-refractivity contribution in [1.29, 1.82) is 0 Å². The molecule has 7 rings (SSSR count). The molecule has 3 aliphatic rings. The first kappa shape index (κ1) is 38.9. The molecule has 292 valence electrons. The van der Waals surface area contributed by atoms with E-state index < -0.39 is 51.1 Å². The number of carbonyl (C=O) groups is 2. The van der Waals surface area contributed by atoms with Crippen LogP contribution in [-0.4, -0.2) is 68.7 Å². The number of hydrazone groups is 1. The average Bonchev–Trinajstić information content (AvgIpc) is 3.62. The highest BCUT2D eigenvalue weighted by molar-refractivity contribution is 7.89. The minimum absolute atomic E-state index is 0.0295. The lowest BCUT2D eigenvalue weighted by Gasteiger charge is -2.40. The molecule has 0 N–H and O–H groups in total. The lowest BCUT2D eigenvalue weighted by atomic mass is 9.73. The van der Waals surface area contributed by atoms with Crippen molar-refractivity contribution < 1.29 is 41.0 Å². The van der Waals surface area contributed by atoms with Crippen molar-refractivity contribution in [1.82, 2.24) is 9.31 Å². The number of hydrogen-bond donors (Lipinski definition) is 0. The monoisotopic (exact) mass is 783 g/mol. The van der Waals surface area contributed by atoms with Gasteiger partial charge in [0.05, 0.1) is 36.3 Å². The first-order valence-electron chi connectivity index (χ1n) is 18.6. The second-order valence-corrected chi connectivity index (χ2v) is 16.2. The van der Waals surface area contributed by atoms with Crippen molar-refractivity contribution in [2.45, 2.75) is 61.5 Å². The smallest absolute Gasteiger partial charge is 0.317 e. The summed E-state index contributed by atoms with van der Waals surface area (Å²) < 4.78 is 72.5. The van der Waals surface area contributed by atoms with Gasteiger partial charge in [0, 0.05) is 19.0 Å². The molecule has 56 heavy (non-hydrogen) atoms. The minimum Gasteiger partial charge on any atom is -0.497 e. The van der Waals surface area contributed by atoms with Gasteiger partial charge in [-0.1, -0.05) is 54.6 Å². The highest BCUT2D eigenvalue weighted by Gasteiger charge is 2.49. The number of nitrogens with zero attached hydrogens (tertiary/aromatic N) is 3. The summed E-state index contributed by atoms with van der Waals surface area (Å²) in [6.07, 6.45) is 3.39. The summed E-state index contributed by atoms with van der Waals surface area (Å²) in [6, 6.07) is 26.2. The maximum Gasteiger partial charge on any atom is 0.317 e. The van der Waals surface area contributed by atoms with Gasteiger partial charge in [-0.2, -0.15) is 9.41 Å². The Balaban J connectivity index is 1.16. The van der Waals surface area contributed by atoms with Crippen molar-refractivity contribution >= 4 is 33.7 Å². The predicted octanol–water partition coefficient (Wildman–Crippen LogP) is 7.46. The van der Waals surface area contributed by atoms with Gasteiger partial charge in [-0.15, -0.1) is 0 Å². The average molecular weight is 784 g/mol. The number of halogens is 2. The number of piperidine rings is 1. The van der Waals surface area contributed by atoms with Crippen LogP contribution in [0.15, 0.2) is 113 Å². The molecule has 3 unspecified atom stereocenters. The Morgan fingerprint density at radius 3 is 2.14 bits per heavy atom. The van der Waals surface area contributed by atoms with Crippen LogP contribution in [0.2, 0.25) is 0 Å². The molecule has 2 aliphatic heterocycles. The summed E-state index contributed by atoms with van der Waals surface area (Å²) in [5.74, 6) is -2.28. The van der Waals surface area contributed by atoms with Gasteiger partial charge in [-0.3, -0.25) is 9.59 Å². The summed E-state index contributed by atoms with van der Waals surface area (Å²) in [7, 11) is -0.992. The predicted molar refractivity (Wildman–Crippen MR) is 206 cm³/mol. The Bertz CT molecular complexity index is 2260. The van der Waals surface area contributed by atoms with E-state index in [1.165, 1.54) is 11.9 Å². The number of ether oxygens (including phenoxy) is 3. The zero-order chi connectivity index (χ0) is 39.6. The van der Waals surface area contributed by atoms with E-state index in [4.69, 9.17) is 19.3 Å². The molecule has 10 nitrogen and oxygen atoms in total. The van der Waals surface area contributed by atoms with E-state index in [0.29, 0.717) is 17.4 Å². The summed E-state index contributed by atoms with van der Waals surface area (Å²) in [5.41, 5.74) is 3.01. The first-order chi connectivity index (χ1) is 26.9. The van der Waals surface area contributed by atoms with Crippen molar-refractivity contribution in [2.24, 2.45) is 11.0 Å². The largest absolute Gasteiger partial charge is 0.497 e. The zero-order valence-corrected chi connectivity index (χ0v) is 32.2. The molecule has 13 heteroatoms. The van der Waals surface area contributed by atoms with Crippen LogP contribution >= 0.6 is 0 Å². The highest BCUT2D eigenvalue weighted by Crippen LogP contribution is 2.45. The highest BCUT2D eigenvalue weighted by atomic mass is 32.2. The molecular weight excluding hydrogens is 741 g/mol. The van der Waals surface area contributed by atoms with Crippen LogP contribution in [0.3, 0.4) is 0 Å². The Hall–Kier alpha value is -5.40. The number of carbonyl (C=O) groups excluding carboxylic acids is 2. The summed E-state index contributed by atoms with van der Waals surface area (Å²) >= 11 is 0. The van der Waals surface area contributed by atoms with Crippen molar-refractivity contribution in [3.63, 3.8) is 0 Å². The van der Waals surface area contributed by atoms with Crippen molar-refractivity contribution in [3.05, 3.63) is 131 Å². The molecule has 4 aromatic carbocycles. The fourth-order valence-electron chi connectivity index (χ4n) is 7.99. The molecule has 1 aliphatic carbocycles. The SMILES string of the molecule is COc1ccc(/C=C2/CCCC3C2=NN(C(=O)C(C)OC(=O)C2(c4ccccc4)CCN(S(=O)(=O)c4ccc(F)c(F)c4)CC2)C3c2ccc(OC)cc2)cc1. The summed E-state index contributed by atoms with van der Waals surface area (Å²) in [5, 5.41) is 6.43. The summed E-state index contributed by atoms with van der Waals surface area (Å²) in [6.45, 7) is 1.33. The van der Waals surface area contributed by atoms with E-state index in [0.717, 1.165) is 63.9 Å². The van der Waals surface area contributed by atoms with Crippen molar-refractivity contribution in [2.75, 3.05) is 27.3 Å². The van der Waals surface area contributed by atoms with Crippen LogP contribution in [0, 0.1) is 17.6 Å². The Morgan fingerprint density at radius 1 is 0.875 bits per heavy atom. The number of methoxy groups -OCH3 is 2. The van der Waals surface area contributed by atoms with Gasteiger partial charge < -0.3 is 14.2 Å². The maximum absolute atomic E-state index is 14.5. The lowest BCUT2D eigenvalue weighted by Crippen LogP contribution is -2.51. The number of esters is 1. The van der Waals surface area contributed by atoms with Gasteiger partial charge in [-0.25, -0.2) is 22.2 Å². The molecular formula is C43H43F2N3O7S. The van der Waals surface area contributed by atoms with E-state index in [1.54, 1.807) is 44.6 Å². The molecule has 2 fully saturated rings. The van der Waals surface area contributed by atoms with Crippen LogP contribution in [-0.2, 0) is 29.8 Å². The first-order valence-corrected chi connectivity index (χ1v) is 20.0. The molecule has 1 amide bonds. The molecule has 0 aromatic heterocycles. The topological polar surface area (TPSA) is 115 Å². The second-order valence-electron chi connectivity index (χ2n) is 14.3. The van der Waals surface area contributed by atoms with Crippen LogP contribution < -0.4 is 9.47 Å². The third kappa shape index (κ3) is 7.45. The number of amides is 1. The Kier molecular flexibility index (Phi) is 11.1. The molecule has 1 saturated heterocycles. The number of fused-ring (bicyclic) bond motifs is 1. The van der Waals surface area contributed by atoms with Gasteiger partial charge >= 0.3 is 5.97 Å². The lowest BCUT2D eigenvalue weighted by molar-refractivity contribution is -0.166. The van der Waals surface area contributed by atoms with Crippen LogP contribution in [0.5, 0.6) is 11.5 Å². The van der Waals surface area contributed by atoms with Crippen LogP contribution in [0.4, 0.5) is 8.78 Å². The third-order valence-electron chi connectivity index (χ3n) is 11.1. The summed E-state index contributed by atoms with van der Waals surface area (Å²) in [4.78, 5) is 28.6. The Labute approximate surface area is 325 Å². The second kappa shape index (κ2) is 16.0. The van der Waals surface area contributed by atoms with E-state index in [2.05, 4.69) is 6.08 Å². The van der Waals surface area contributed by atoms with E-state index in [1.807, 2.05) is 48.5 Å². The maximum atomic E-state index is 14.5. The van der Waals surface area contributed by atoms with Crippen molar-refractivity contribution in [3.8, 4) is 11.5 Å². The number of allylic oxidation sites excluding steroid dienone is 1. The van der Waals surface area contributed by atoms with Gasteiger partial charge in [0.25, 0.3) is 5.91 Å². The Morgan fingerprint density at radius 2 is 1.52 bits per heavy atom. The van der Waals surface area contributed by atoms with E-state index in [9.17, 15) is 26.8 Å². The fourth-order valence-corrected chi connectivity index (χ4v) is 9.44. The van der Waals surface area contributed by atoms with Gasteiger partial charge in [0.15, 0.2) is 17.7 Å². The molecule has 4 aromatic rings. The van der Waals surface area contributed by atoms with E-state index >= 15 is 0 Å². The molecule has 0 spiro atoms. The number of hydrogen-bond acceptors (Lipinski definition) is 8. The van der Waals surface area contributed by atoms with Crippen LogP contribution in [0.1, 0.15) is 61.8 Å². The number of rotatable bonds is 10. The normalized spacial score (nSPS) is 20.8. The van der Waals surface area contributed by atoms with Gasteiger partial charge in [0.1, 0.15) is 11.5 Å². The number of sulfonamides is 1. The molecule has 0 radical (unpaired) electrons. The minimum atomic E-state index is -4.20. The van der Waals surface area contributed by atoms with Gasteiger partial charge in [0.2, 0.25) is 10.0 Å². The number of benzene rings is 4. The van der Waals surface area contributed by atoms with Gasteiger partial charge in [-0.05, 0) is 110 Å². The zero-order valence-electron chi connectivity index (χ0n) is 31.4. The van der Waals surface area contributed by atoms with Crippen LogP contribution in [0.25, 0.3) is 6.08 Å². The quantitative estimate of drug-likeness (QED) is 0.154. The molecule has 0 bridgehead atoms. The molecule has 2 heterocycles. The molecule has 1 saturated carbocycles. The third-order valence-corrected chi connectivity index (χ3v) is 13.0.